The summed E-state index contributed by atoms with van der Waals surface area (Å²) in [5.41, 5.74) is 1.97. The largest absolute Gasteiger partial charge is 0.479 e. The lowest BCUT2D eigenvalue weighted by atomic mass is 10.1. The van der Waals surface area contributed by atoms with Crippen LogP contribution in [0.1, 0.15) is 22.9 Å². The van der Waals surface area contributed by atoms with Crippen molar-refractivity contribution in [2.45, 2.75) is 19.6 Å². The van der Waals surface area contributed by atoms with Gasteiger partial charge in [0.05, 0.1) is 0 Å². The van der Waals surface area contributed by atoms with Crippen LogP contribution in [-0.4, -0.2) is 22.2 Å². The second-order valence-corrected chi connectivity index (χ2v) is 4.71. The molecule has 1 unspecified atom stereocenters. The number of aromatic nitrogens is 1. The molecule has 6 nitrogen and oxygen atoms in total. The topological polar surface area (TPSA) is 88.5 Å². The average molecular weight is 300 g/mol. The van der Waals surface area contributed by atoms with E-state index in [1.54, 1.807) is 19.1 Å². The van der Waals surface area contributed by atoms with Gasteiger partial charge in [0.2, 0.25) is 0 Å². The Morgan fingerprint density at radius 3 is 2.55 bits per heavy atom. The van der Waals surface area contributed by atoms with Crippen LogP contribution in [0, 0.1) is 6.92 Å². The molecular formula is C16H16N2O4. The highest BCUT2D eigenvalue weighted by atomic mass is 16.5. The summed E-state index contributed by atoms with van der Waals surface area (Å²) in [4.78, 5) is 27.1. The van der Waals surface area contributed by atoms with Crippen LogP contribution in [0.15, 0.2) is 48.7 Å². The van der Waals surface area contributed by atoms with E-state index in [1.807, 2.05) is 30.3 Å². The average Bonchev–Trinajstić information content (AvgIpc) is 2.52. The number of carboxylic acid groups (broad SMARTS) is 1. The number of carboxylic acids is 1. The van der Waals surface area contributed by atoms with Crippen molar-refractivity contribution < 1.29 is 19.4 Å². The van der Waals surface area contributed by atoms with Gasteiger partial charge in [0.25, 0.3) is 0 Å². The summed E-state index contributed by atoms with van der Waals surface area (Å²) in [6, 6.07) is 11.2. The van der Waals surface area contributed by atoms with Crippen LogP contribution in [0.25, 0.3) is 0 Å². The number of rotatable bonds is 5. The van der Waals surface area contributed by atoms with Crippen molar-refractivity contribution in [3.05, 3.63) is 65.5 Å². The summed E-state index contributed by atoms with van der Waals surface area (Å²) in [5.74, 6) is -1.18. The lowest BCUT2D eigenvalue weighted by molar-refractivity contribution is -0.139. The summed E-state index contributed by atoms with van der Waals surface area (Å²) >= 11 is 0. The minimum Gasteiger partial charge on any atom is -0.479 e. The van der Waals surface area contributed by atoms with Crippen LogP contribution < -0.4 is 5.32 Å². The zero-order valence-corrected chi connectivity index (χ0v) is 12.0. The van der Waals surface area contributed by atoms with Gasteiger partial charge in [-0.05, 0) is 18.6 Å². The second kappa shape index (κ2) is 7.21. The van der Waals surface area contributed by atoms with E-state index in [0.717, 1.165) is 11.3 Å². The maximum atomic E-state index is 11.8. The van der Waals surface area contributed by atoms with E-state index < -0.39 is 18.1 Å². The Kier molecular flexibility index (Phi) is 5.08. The molecule has 0 aliphatic rings. The first-order valence-corrected chi connectivity index (χ1v) is 6.69. The summed E-state index contributed by atoms with van der Waals surface area (Å²) in [6.45, 7) is 1.87. The molecule has 0 saturated carbocycles. The number of carbonyl (C=O) groups is 2. The molecule has 2 aromatic rings. The van der Waals surface area contributed by atoms with Crippen LogP contribution in [0.4, 0.5) is 4.79 Å². The number of amides is 1. The third kappa shape index (κ3) is 4.31. The van der Waals surface area contributed by atoms with Gasteiger partial charge in [-0.1, -0.05) is 36.4 Å². The molecule has 0 saturated heterocycles. The van der Waals surface area contributed by atoms with Gasteiger partial charge in [-0.3, -0.25) is 4.98 Å². The van der Waals surface area contributed by atoms with E-state index in [1.165, 1.54) is 6.20 Å². The van der Waals surface area contributed by atoms with Crippen molar-refractivity contribution in [1.29, 1.82) is 0 Å². The highest BCUT2D eigenvalue weighted by Gasteiger charge is 2.23. The molecule has 0 spiro atoms. The Morgan fingerprint density at radius 1 is 1.23 bits per heavy atom. The molecule has 0 fully saturated rings. The fourth-order valence-electron chi connectivity index (χ4n) is 1.82. The fraction of sp³-hybridized carbons (Fsp3) is 0.188. The Labute approximate surface area is 127 Å². The van der Waals surface area contributed by atoms with E-state index in [9.17, 15) is 14.7 Å². The number of carbonyl (C=O) groups excluding carboxylic acids is 1. The zero-order valence-electron chi connectivity index (χ0n) is 12.0. The van der Waals surface area contributed by atoms with Crippen molar-refractivity contribution >= 4 is 12.1 Å². The minimum absolute atomic E-state index is 0.0746. The molecule has 0 radical (unpaired) electrons. The molecule has 1 heterocycles. The second-order valence-electron chi connectivity index (χ2n) is 4.71. The van der Waals surface area contributed by atoms with Gasteiger partial charge in [0.1, 0.15) is 6.61 Å². The highest BCUT2D eigenvalue weighted by molar-refractivity contribution is 5.81. The van der Waals surface area contributed by atoms with Crippen molar-refractivity contribution in [3.8, 4) is 0 Å². The first-order chi connectivity index (χ1) is 10.6. The smallest absolute Gasteiger partial charge is 0.408 e. The normalized spacial score (nSPS) is 11.5. The molecule has 2 rings (SSSR count). The Hall–Kier alpha value is -2.89. The molecular weight excluding hydrogens is 284 g/mol. The summed E-state index contributed by atoms with van der Waals surface area (Å²) in [5, 5.41) is 11.6. The SMILES string of the molecule is Cc1ccc(C(NC(=O)OCc2ccccc2)C(=O)O)cn1. The molecule has 1 atom stereocenters. The number of ether oxygens (including phenoxy) is 1. The van der Waals surface area contributed by atoms with Crippen LogP contribution in [0.5, 0.6) is 0 Å². The van der Waals surface area contributed by atoms with E-state index in [4.69, 9.17) is 4.74 Å². The van der Waals surface area contributed by atoms with E-state index in [2.05, 4.69) is 10.3 Å². The first-order valence-electron chi connectivity index (χ1n) is 6.69. The lowest BCUT2D eigenvalue weighted by Gasteiger charge is -2.14. The predicted octanol–water partition coefficient (Wildman–Crippen LogP) is 2.44. The van der Waals surface area contributed by atoms with Crippen LogP contribution >= 0.6 is 0 Å². The van der Waals surface area contributed by atoms with Gasteiger partial charge in [-0.15, -0.1) is 0 Å². The van der Waals surface area contributed by atoms with E-state index in [-0.39, 0.29) is 6.61 Å². The summed E-state index contributed by atoms with van der Waals surface area (Å²) in [7, 11) is 0. The zero-order chi connectivity index (χ0) is 15.9. The third-order valence-electron chi connectivity index (χ3n) is 2.99. The summed E-state index contributed by atoms with van der Waals surface area (Å²) < 4.78 is 5.02. The van der Waals surface area contributed by atoms with Gasteiger partial charge in [-0.25, -0.2) is 9.59 Å². The summed E-state index contributed by atoms with van der Waals surface area (Å²) in [6.07, 6.45) is 0.628. The molecule has 1 aromatic heterocycles. The lowest BCUT2D eigenvalue weighted by Crippen LogP contribution is -2.34. The van der Waals surface area contributed by atoms with E-state index >= 15 is 0 Å². The Bertz CT molecular complexity index is 641. The number of nitrogens with one attached hydrogen (secondary N) is 1. The minimum atomic E-state index is -1.20. The van der Waals surface area contributed by atoms with Gasteiger partial charge in [0.15, 0.2) is 6.04 Å². The Morgan fingerprint density at radius 2 is 1.95 bits per heavy atom. The standard InChI is InChI=1S/C16H16N2O4/c1-11-7-8-13(9-17-11)14(15(19)20)18-16(21)22-10-12-5-3-2-4-6-12/h2-9,14H,10H2,1H3,(H,18,21)(H,19,20). The maximum Gasteiger partial charge on any atom is 0.408 e. The van der Waals surface area contributed by atoms with Crippen molar-refractivity contribution in [3.63, 3.8) is 0 Å². The molecule has 22 heavy (non-hydrogen) atoms. The monoisotopic (exact) mass is 300 g/mol. The van der Waals surface area contributed by atoms with E-state index in [0.29, 0.717) is 5.56 Å². The van der Waals surface area contributed by atoms with Crippen molar-refractivity contribution in [1.82, 2.24) is 10.3 Å². The number of pyridine rings is 1. The number of hydrogen-bond acceptors (Lipinski definition) is 4. The van der Waals surface area contributed by atoms with Gasteiger partial charge in [-0.2, -0.15) is 0 Å². The first kappa shape index (κ1) is 15.5. The molecule has 2 N–H and O–H groups in total. The van der Waals surface area contributed by atoms with Crippen molar-refractivity contribution in [2.24, 2.45) is 0 Å². The quantitative estimate of drug-likeness (QED) is 0.885. The number of aryl methyl sites for hydroxylation is 1. The third-order valence-corrected chi connectivity index (χ3v) is 2.99. The molecule has 1 aromatic carbocycles. The number of hydrogen-bond donors (Lipinski definition) is 2. The molecule has 114 valence electrons. The number of aliphatic carboxylic acids is 1. The fourth-order valence-corrected chi connectivity index (χ4v) is 1.82. The van der Waals surface area contributed by atoms with Crippen LogP contribution in [-0.2, 0) is 16.1 Å². The number of alkyl carbamates (subject to hydrolysis) is 1. The maximum absolute atomic E-state index is 11.8. The van der Waals surface area contributed by atoms with Gasteiger partial charge < -0.3 is 15.2 Å². The van der Waals surface area contributed by atoms with Gasteiger partial charge in [0, 0.05) is 17.5 Å². The molecule has 0 bridgehead atoms. The Balaban J connectivity index is 1.97. The van der Waals surface area contributed by atoms with Gasteiger partial charge >= 0.3 is 12.1 Å². The molecule has 1 amide bonds. The molecule has 6 heteroatoms. The highest BCUT2D eigenvalue weighted by Crippen LogP contribution is 2.13. The molecule has 0 aliphatic carbocycles. The number of nitrogens with zero attached hydrogens (tertiary/aromatic N) is 1. The predicted molar refractivity (Wildman–Crippen MR) is 79.1 cm³/mol. The molecule has 0 aliphatic heterocycles. The van der Waals surface area contributed by atoms with Crippen LogP contribution in [0.3, 0.4) is 0 Å². The van der Waals surface area contributed by atoms with Crippen molar-refractivity contribution in [2.75, 3.05) is 0 Å². The number of benzene rings is 1. The van der Waals surface area contributed by atoms with Crippen LogP contribution in [0.2, 0.25) is 0 Å².